The molecular formula is C11H12N4O3S2. The number of anilines is 1. The van der Waals surface area contributed by atoms with E-state index in [1.54, 1.807) is 6.07 Å². The molecule has 3 heterocycles. The van der Waals surface area contributed by atoms with Crippen LogP contribution in [0.2, 0.25) is 0 Å². The van der Waals surface area contributed by atoms with Crippen molar-refractivity contribution < 1.29 is 13.2 Å². The fraction of sp³-hybridized carbons (Fsp3) is 0.364. The van der Waals surface area contributed by atoms with Gasteiger partial charge < -0.3 is 5.73 Å². The molecule has 0 unspecified atom stereocenters. The van der Waals surface area contributed by atoms with E-state index in [0.717, 1.165) is 9.69 Å². The lowest BCUT2D eigenvalue weighted by atomic mass is 10.2. The molecule has 1 amide bonds. The summed E-state index contributed by atoms with van der Waals surface area (Å²) in [7, 11) is -3.63. The number of nitrogens with zero attached hydrogens (tertiary/aromatic N) is 3. The van der Waals surface area contributed by atoms with Crippen LogP contribution in [0.1, 0.15) is 19.7 Å². The number of carbonyl (C=O) groups excluding carboxylic acids is 1. The third-order valence-corrected chi connectivity index (χ3v) is 6.51. The number of thiophene rings is 1. The third-order valence-electron chi connectivity index (χ3n) is 3.36. The summed E-state index contributed by atoms with van der Waals surface area (Å²) in [6, 6.07) is 1.80. The van der Waals surface area contributed by atoms with Crippen LogP contribution >= 0.6 is 11.3 Å². The van der Waals surface area contributed by atoms with Gasteiger partial charge in [-0.15, -0.1) is 11.3 Å². The van der Waals surface area contributed by atoms with Crippen LogP contribution in [0.5, 0.6) is 0 Å². The molecule has 0 saturated carbocycles. The third kappa shape index (κ3) is 1.56. The predicted molar refractivity (Wildman–Crippen MR) is 75.4 cm³/mol. The number of fused-ring (bicyclic) bond motifs is 1. The van der Waals surface area contributed by atoms with Crippen LogP contribution in [0.4, 0.5) is 5.82 Å². The first kappa shape index (κ1) is 13.3. The molecule has 1 saturated heterocycles. The number of hydrogen-bond acceptors (Lipinski definition) is 7. The van der Waals surface area contributed by atoms with Crippen molar-refractivity contribution in [3.8, 4) is 0 Å². The van der Waals surface area contributed by atoms with Crippen molar-refractivity contribution in [3.63, 3.8) is 0 Å². The van der Waals surface area contributed by atoms with Gasteiger partial charge in [0.15, 0.2) is 10.6 Å². The Balaban J connectivity index is 1.97. The summed E-state index contributed by atoms with van der Waals surface area (Å²) in [4.78, 5) is 20.8. The van der Waals surface area contributed by atoms with Gasteiger partial charge in [0.1, 0.15) is 10.6 Å². The molecule has 0 atom stereocenters. The fourth-order valence-corrected chi connectivity index (χ4v) is 4.31. The van der Waals surface area contributed by atoms with E-state index in [1.807, 2.05) is 5.38 Å². The average Bonchev–Trinajstić information content (AvgIpc) is 2.83. The summed E-state index contributed by atoms with van der Waals surface area (Å²) in [5.74, 6) is 0.0618. The van der Waals surface area contributed by atoms with E-state index >= 15 is 0 Å². The average molecular weight is 312 g/mol. The summed E-state index contributed by atoms with van der Waals surface area (Å²) in [6.45, 7) is 2.60. The number of carbonyl (C=O) groups is 1. The maximum atomic E-state index is 12.0. The molecular weight excluding hydrogens is 300 g/mol. The Morgan fingerprint density at radius 1 is 1.40 bits per heavy atom. The Kier molecular flexibility index (Phi) is 2.58. The second kappa shape index (κ2) is 3.89. The van der Waals surface area contributed by atoms with Crippen LogP contribution in [-0.4, -0.2) is 33.3 Å². The van der Waals surface area contributed by atoms with Gasteiger partial charge in [0.25, 0.3) is 15.9 Å². The molecule has 2 aromatic rings. The minimum absolute atomic E-state index is 0.178. The predicted octanol–water partition coefficient (Wildman–Crippen LogP) is 0.724. The molecule has 0 spiro atoms. The summed E-state index contributed by atoms with van der Waals surface area (Å²) in [5.41, 5.74) is 5.79. The SMILES string of the molecule is CC1(C)C(=O)N(Cc2nc(N)c3ccsc3n2)S1(=O)=O. The first-order valence-corrected chi connectivity index (χ1v) is 8.13. The van der Waals surface area contributed by atoms with Crippen LogP contribution in [0, 0.1) is 0 Å². The largest absolute Gasteiger partial charge is 0.383 e. The first-order chi connectivity index (χ1) is 9.25. The van der Waals surface area contributed by atoms with Crippen molar-refractivity contribution in [1.82, 2.24) is 14.3 Å². The van der Waals surface area contributed by atoms with Gasteiger partial charge in [-0.25, -0.2) is 22.7 Å². The molecule has 1 aliphatic heterocycles. The standard InChI is InChI=1S/C11H12N4O3S2/c1-11(2)10(16)15(20(11,17)18)5-7-13-8(12)6-3-4-19-9(6)14-7/h3-4H,5H2,1-2H3,(H2,12,13,14). The number of nitrogens with two attached hydrogens (primary N) is 1. The highest BCUT2D eigenvalue weighted by atomic mass is 32.2. The summed E-state index contributed by atoms with van der Waals surface area (Å²) >= 11 is 1.38. The Hall–Kier alpha value is -1.74. The topological polar surface area (TPSA) is 106 Å². The molecule has 0 aliphatic carbocycles. The zero-order chi connectivity index (χ0) is 14.7. The van der Waals surface area contributed by atoms with Gasteiger partial charge in [0.05, 0.1) is 11.9 Å². The van der Waals surface area contributed by atoms with E-state index < -0.39 is 20.7 Å². The molecule has 9 heteroatoms. The van der Waals surface area contributed by atoms with Crippen molar-refractivity contribution in [3.05, 3.63) is 17.3 Å². The molecule has 2 N–H and O–H groups in total. The van der Waals surface area contributed by atoms with E-state index in [1.165, 1.54) is 25.2 Å². The molecule has 2 aromatic heterocycles. The van der Waals surface area contributed by atoms with Crippen LogP contribution in [0.15, 0.2) is 11.4 Å². The lowest BCUT2D eigenvalue weighted by Gasteiger charge is -2.42. The second-order valence-corrected chi connectivity index (χ2v) is 8.30. The quantitative estimate of drug-likeness (QED) is 0.876. The van der Waals surface area contributed by atoms with E-state index in [2.05, 4.69) is 9.97 Å². The summed E-state index contributed by atoms with van der Waals surface area (Å²) in [5, 5.41) is 2.56. The monoisotopic (exact) mass is 312 g/mol. The van der Waals surface area contributed by atoms with Gasteiger partial charge in [-0.2, -0.15) is 0 Å². The fourth-order valence-electron chi connectivity index (χ4n) is 2.04. The summed E-state index contributed by atoms with van der Waals surface area (Å²) in [6.07, 6.45) is 0. The molecule has 7 nitrogen and oxygen atoms in total. The molecule has 1 fully saturated rings. The van der Waals surface area contributed by atoms with Gasteiger partial charge in [-0.1, -0.05) is 0 Å². The zero-order valence-corrected chi connectivity index (χ0v) is 12.5. The minimum atomic E-state index is -3.63. The lowest BCUT2D eigenvalue weighted by molar-refractivity contribution is -0.132. The Morgan fingerprint density at radius 2 is 2.10 bits per heavy atom. The maximum Gasteiger partial charge on any atom is 0.259 e. The van der Waals surface area contributed by atoms with E-state index in [0.29, 0.717) is 4.83 Å². The van der Waals surface area contributed by atoms with E-state index in [-0.39, 0.29) is 18.2 Å². The highest BCUT2D eigenvalue weighted by Crippen LogP contribution is 2.36. The van der Waals surface area contributed by atoms with E-state index in [4.69, 9.17) is 5.73 Å². The minimum Gasteiger partial charge on any atom is -0.383 e. The number of aromatic nitrogens is 2. The van der Waals surface area contributed by atoms with Gasteiger partial charge >= 0.3 is 0 Å². The first-order valence-electron chi connectivity index (χ1n) is 5.81. The second-order valence-electron chi connectivity index (χ2n) is 4.99. The van der Waals surface area contributed by atoms with Gasteiger partial charge in [0.2, 0.25) is 0 Å². The molecule has 0 bridgehead atoms. The van der Waals surface area contributed by atoms with Crippen LogP contribution in [0.3, 0.4) is 0 Å². The van der Waals surface area contributed by atoms with Crippen molar-refractivity contribution >= 4 is 43.3 Å². The molecule has 106 valence electrons. The normalized spacial score (nSPS) is 20.1. The number of amides is 1. The highest BCUT2D eigenvalue weighted by molar-refractivity contribution is 7.94. The van der Waals surface area contributed by atoms with Crippen molar-refractivity contribution in [1.29, 1.82) is 0 Å². The molecule has 0 radical (unpaired) electrons. The Morgan fingerprint density at radius 3 is 2.75 bits per heavy atom. The molecule has 20 heavy (non-hydrogen) atoms. The molecule has 0 aromatic carbocycles. The van der Waals surface area contributed by atoms with Gasteiger partial charge in [-0.3, -0.25) is 4.79 Å². The number of sulfonamides is 1. The molecule has 1 aliphatic rings. The number of hydrogen-bond donors (Lipinski definition) is 1. The Bertz CT molecular complexity index is 825. The summed E-state index contributed by atoms with van der Waals surface area (Å²) < 4.78 is 23.4. The number of rotatable bonds is 2. The van der Waals surface area contributed by atoms with E-state index in [9.17, 15) is 13.2 Å². The van der Waals surface area contributed by atoms with Crippen molar-refractivity contribution in [2.45, 2.75) is 25.1 Å². The van der Waals surface area contributed by atoms with Crippen molar-refractivity contribution in [2.24, 2.45) is 0 Å². The number of nitrogen functional groups attached to an aromatic ring is 1. The van der Waals surface area contributed by atoms with Crippen molar-refractivity contribution in [2.75, 3.05) is 5.73 Å². The lowest BCUT2D eigenvalue weighted by Crippen LogP contribution is -2.66. The zero-order valence-electron chi connectivity index (χ0n) is 10.8. The van der Waals surface area contributed by atoms with Gasteiger partial charge in [-0.05, 0) is 25.3 Å². The Labute approximate surface area is 119 Å². The molecule has 3 rings (SSSR count). The van der Waals surface area contributed by atoms with Crippen LogP contribution < -0.4 is 5.73 Å². The van der Waals surface area contributed by atoms with Crippen LogP contribution in [-0.2, 0) is 21.4 Å². The smallest absolute Gasteiger partial charge is 0.259 e. The van der Waals surface area contributed by atoms with Gasteiger partial charge in [0, 0.05) is 0 Å². The highest BCUT2D eigenvalue weighted by Gasteiger charge is 2.60. The maximum absolute atomic E-state index is 12.0. The van der Waals surface area contributed by atoms with Crippen LogP contribution in [0.25, 0.3) is 10.2 Å².